The van der Waals surface area contributed by atoms with Gasteiger partial charge in [0.05, 0.1) is 18.6 Å². The average Bonchev–Trinajstić information content (AvgIpc) is 2.90. The largest absolute Gasteiger partial charge is 0.493 e. The summed E-state index contributed by atoms with van der Waals surface area (Å²) in [6.45, 7) is 2.78. The molecule has 20 heavy (non-hydrogen) atoms. The Morgan fingerprint density at radius 1 is 1.50 bits per heavy atom. The lowest BCUT2D eigenvalue weighted by molar-refractivity contribution is 0.135. The van der Waals surface area contributed by atoms with Crippen LogP contribution in [0.5, 0.6) is 11.8 Å². The molecule has 7 heteroatoms. The molecule has 7 nitrogen and oxygen atoms in total. The first-order chi connectivity index (χ1) is 9.56. The van der Waals surface area contributed by atoms with Crippen LogP contribution in [0.15, 0.2) is 10.9 Å². The molecular formula is C13H15N3O4. The van der Waals surface area contributed by atoms with E-state index in [1.165, 1.54) is 4.57 Å². The second-order valence-electron chi connectivity index (χ2n) is 4.81. The van der Waals surface area contributed by atoms with Crippen molar-refractivity contribution in [3.63, 3.8) is 0 Å². The molecule has 1 saturated heterocycles. The predicted molar refractivity (Wildman–Crippen MR) is 71.0 cm³/mol. The SMILES string of the molecule is Cc1nc(O)c2cc(O[C@H]3CCOC3)n(C)c(=O)c2n1. The van der Waals surface area contributed by atoms with Crippen LogP contribution in [0.4, 0.5) is 0 Å². The monoisotopic (exact) mass is 277 g/mol. The van der Waals surface area contributed by atoms with E-state index in [0.717, 1.165) is 6.42 Å². The quantitative estimate of drug-likeness (QED) is 0.860. The summed E-state index contributed by atoms with van der Waals surface area (Å²) in [6, 6.07) is 1.59. The summed E-state index contributed by atoms with van der Waals surface area (Å²) in [5.41, 5.74) is -0.135. The summed E-state index contributed by atoms with van der Waals surface area (Å²) in [4.78, 5) is 20.2. The number of nitrogens with zero attached hydrogens (tertiary/aromatic N) is 3. The third-order valence-electron chi connectivity index (χ3n) is 3.32. The zero-order valence-electron chi connectivity index (χ0n) is 11.3. The Morgan fingerprint density at radius 3 is 3.00 bits per heavy atom. The first-order valence-corrected chi connectivity index (χ1v) is 6.38. The van der Waals surface area contributed by atoms with E-state index in [2.05, 4.69) is 9.97 Å². The van der Waals surface area contributed by atoms with Crippen LogP contribution < -0.4 is 10.3 Å². The van der Waals surface area contributed by atoms with Crippen molar-refractivity contribution >= 4 is 10.9 Å². The first-order valence-electron chi connectivity index (χ1n) is 6.38. The van der Waals surface area contributed by atoms with Crippen molar-refractivity contribution < 1.29 is 14.6 Å². The molecular weight excluding hydrogens is 262 g/mol. The van der Waals surface area contributed by atoms with E-state index in [4.69, 9.17) is 9.47 Å². The molecule has 0 saturated carbocycles. The summed E-state index contributed by atoms with van der Waals surface area (Å²) in [5, 5.41) is 10.2. The lowest BCUT2D eigenvalue weighted by Crippen LogP contribution is -2.24. The Labute approximate surface area is 114 Å². The summed E-state index contributed by atoms with van der Waals surface area (Å²) in [6.07, 6.45) is 0.703. The first kappa shape index (κ1) is 12.9. The Bertz CT molecular complexity index is 720. The number of ether oxygens (including phenoxy) is 2. The van der Waals surface area contributed by atoms with Crippen LogP contribution in [0.25, 0.3) is 10.9 Å². The topological polar surface area (TPSA) is 86.5 Å². The maximum atomic E-state index is 12.3. The van der Waals surface area contributed by atoms with Gasteiger partial charge in [0, 0.05) is 19.5 Å². The molecule has 0 amide bonds. The summed E-state index contributed by atoms with van der Waals surface area (Å²) in [7, 11) is 1.61. The molecule has 1 atom stereocenters. The van der Waals surface area contributed by atoms with Crippen molar-refractivity contribution in [3.05, 3.63) is 22.2 Å². The number of rotatable bonds is 2. The fraction of sp³-hybridized carbons (Fsp3) is 0.462. The number of fused-ring (bicyclic) bond motifs is 1. The van der Waals surface area contributed by atoms with Gasteiger partial charge < -0.3 is 14.6 Å². The zero-order chi connectivity index (χ0) is 14.3. The lowest BCUT2D eigenvalue weighted by atomic mass is 10.2. The van der Waals surface area contributed by atoms with Gasteiger partial charge in [-0.25, -0.2) is 4.98 Å². The van der Waals surface area contributed by atoms with E-state index >= 15 is 0 Å². The van der Waals surface area contributed by atoms with Crippen molar-refractivity contribution in [3.8, 4) is 11.8 Å². The molecule has 1 N–H and O–H groups in total. The van der Waals surface area contributed by atoms with E-state index in [0.29, 0.717) is 30.3 Å². The number of aryl methyl sites for hydroxylation is 1. The van der Waals surface area contributed by atoms with Gasteiger partial charge in [-0.1, -0.05) is 0 Å². The van der Waals surface area contributed by atoms with Gasteiger partial charge in [0.25, 0.3) is 5.56 Å². The Morgan fingerprint density at radius 2 is 2.30 bits per heavy atom. The molecule has 0 spiro atoms. The fourth-order valence-corrected chi connectivity index (χ4v) is 2.23. The molecule has 1 aliphatic heterocycles. The molecule has 3 rings (SSSR count). The number of aromatic hydroxyl groups is 1. The van der Waals surface area contributed by atoms with Crippen LogP contribution in [0.2, 0.25) is 0 Å². The molecule has 0 radical (unpaired) electrons. The summed E-state index contributed by atoms with van der Waals surface area (Å²) in [5.74, 6) is 0.517. The van der Waals surface area contributed by atoms with Crippen molar-refractivity contribution in [1.82, 2.24) is 14.5 Å². The van der Waals surface area contributed by atoms with Gasteiger partial charge in [-0.05, 0) is 6.92 Å². The van der Waals surface area contributed by atoms with Crippen LogP contribution in [0.3, 0.4) is 0 Å². The van der Waals surface area contributed by atoms with Crippen LogP contribution in [0, 0.1) is 6.92 Å². The van der Waals surface area contributed by atoms with E-state index in [9.17, 15) is 9.90 Å². The van der Waals surface area contributed by atoms with Crippen LogP contribution in [0.1, 0.15) is 12.2 Å². The van der Waals surface area contributed by atoms with Gasteiger partial charge in [-0.15, -0.1) is 0 Å². The third kappa shape index (κ3) is 2.09. The highest BCUT2D eigenvalue weighted by molar-refractivity contribution is 5.83. The minimum Gasteiger partial charge on any atom is -0.493 e. The molecule has 0 aliphatic carbocycles. The minimum absolute atomic E-state index is 0.0773. The number of aromatic nitrogens is 3. The molecule has 0 aromatic carbocycles. The van der Waals surface area contributed by atoms with Crippen molar-refractivity contribution in [2.45, 2.75) is 19.4 Å². The third-order valence-corrected chi connectivity index (χ3v) is 3.32. The van der Waals surface area contributed by atoms with E-state index < -0.39 is 0 Å². The van der Waals surface area contributed by atoms with Crippen molar-refractivity contribution in [1.29, 1.82) is 0 Å². The molecule has 2 aromatic heterocycles. The maximum absolute atomic E-state index is 12.3. The normalized spacial score (nSPS) is 18.6. The Balaban J connectivity index is 2.14. The average molecular weight is 277 g/mol. The van der Waals surface area contributed by atoms with Gasteiger partial charge >= 0.3 is 0 Å². The van der Waals surface area contributed by atoms with Gasteiger partial charge in [0.2, 0.25) is 5.88 Å². The Kier molecular flexibility index (Phi) is 3.06. The highest BCUT2D eigenvalue weighted by Gasteiger charge is 2.20. The van der Waals surface area contributed by atoms with Crippen LogP contribution in [-0.4, -0.2) is 39.0 Å². The molecule has 2 aromatic rings. The predicted octanol–water partition coefficient (Wildman–Crippen LogP) is 0.510. The molecule has 106 valence electrons. The molecule has 0 unspecified atom stereocenters. The van der Waals surface area contributed by atoms with Gasteiger partial charge in [-0.3, -0.25) is 9.36 Å². The van der Waals surface area contributed by atoms with E-state index in [-0.39, 0.29) is 23.1 Å². The standard InChI is InChI=1S/C13H15N3O4/c1-7-14-11-9(12(17)15-7)5-10(16(2)13(11)18)20-8-3-4-19-6-8/h5,8H,3-4,6H2,1-2H3,(H,14,15,17)/t8-/m0/s1. The van der Waals surface area contributed by atoms with Crippen LogP contribution >= 0.6 is 0 Å². The summed E-state index contributed by atoms with van der Waals surface area (Å²) >= 11 is 0. The van der Waals surface area contributed by atoms with Crippen molar-refractivity contribution in [2.24, 2.45) is 7.05 Å². The lowest BCUT2D eigenvalue weighted by Gasteiger charge is -2.15. The number of hydrogen-bond donors (Lipinski definition) is 1. The van der Waals surface area contributed by atoms with Gasteiger partial charge in [-0.2, -0.15) is 4.98 Å². The number of hydrogen-bond acceptors (Lipinski definition) is 6. The smallest absolute Gasteiger partial charge is 0.279 e. The number of pyridine rings is 1. The second-order valence-corrected chi connectivity index (χ2v) is 4.81. The maximum Gasteiger partial charge on any atom is 0.279 e. The Hall–Kier alpha value is -2.15. The molecule has 3 heterocycles. The molecule has 0 bridgehead atoms. The van der Waals surface area contributed by atoms with Crippen molar-refractivity contribution in [2.75, 3.05) is 13.2 Å². The molecule has 1 fully saturated rings. The fourth-order valence-electron chi connectivity index (χ4n) is 2.23. The second kappa shape index (κ2) is 4.75. The van der Waals surface area contributed by atoms with E-state index in [1.54, 1.807) is 20.0 Å². The minimum atomic E-state index is -0.322. The van der Waals surface area contributed by atoms with Gasteiger partial charge in [0.15, 0.2) is 5.88 Å². The van der Waals surface area contributed by atoms with Crippen LogP contribution in [-0.2, 0) is 11.8 Å². The highest BCUT2D eigenvalue weighted by Crippen LogP contribution is 2.24. The van der Waals surface area contributed by atoms with Gasteiger partial charge in [0.1, 0.15) is 17.4 Å². The highest BCUT2D eigenvalue weighted by atomic mass is 16.5. The zero-order valence-corrected chi connectivity index (χ0v) is 11.3. The molecule has 1 aliphatic rings. The van der Waals surface area contributed by atoms with E-state index in [1.807, 2.05) is 0 Å². The summed E-state index contributed by atoms with van der Waals surface area (Å²) < 4.78 is 12.4.